The highest BCUT2D eigenvalue weighted by atomic mass is 35.5. The van der Waals surface area contributed by atoms with Gasteiger partial charge in [-0.2, -0.15) is 4.31 Å². The van der Waals surface area contributed by atoms with Crippen molar-refractivity contribution < 1.29 is 23.1 Å². The van der Waals surface area contributed by atoms with Crippen molar-refractivity contribution in [1.29, 1.82) is 0 Å². The highest BCUT2D eigenvalue weighted by Crippen LogP contribution is 2.21. The number of carbonyl (C=O) groups excluding carboxylic acids is 1. The lowest BCUT2D eigenvalue weighted by atomic mass is 10.0. The molecule has 0 spiro atoms. The van der Waals surface area contributed by atoms with Crippen molar-refractivity contribution in [3.63, 3.8) is 0 Å². The van der Waals surface area contributed by atoms with E-state index in [0.29, 0.717) is 5.02 Å². The Morgan fingerprint density at radius 1 is 1.03 bits per heavy atom. The smallest absolute Gasteiger partial charge is 0.407 e. The van der Waals surface area contributed by atoms with Crippen LogP contribution < -0.4 is 5.32 Å². The normalized spacial score (nSPS) is 13.4. The molecule has 0 radical (unpaired) electrons. The molecule has 0 saturated carbocycles. The van der Waals surface area contributed by atoms with Crippen molar-refractivity contribution in [2.45, 2.75) is 43.9 Å². The van der Waals surface area contributed by atoms with E-state index >= 15 is 0 Å². The number of nitrogens with one attached hydrogen (secondary N) is 1. The van der Waals surface area contributed by atoms with Gasteiger partial charge < -0.3 is 15.2 Å². The van der Waals surface area contributed by atoms with Crippen LogP contribution in [0.3, 0.4) is 0 Å². The molecule has 2 aromatic carbocycles. The van der Waals surface area contributed by atoms with E-state index in [0.717, 1.165) is 11.1 Å². The van der Waals surface area contributed by atoms with Crippen molar-refractivity contribution >= 4 is 27.7 Å². The van der Waals surface area contributed by atoms with Crippen LogP contribution in [0.4, 0.5) is 4.79 Å². The molecule has 0 aliphatic carbocycles. The molecule has 3 aromatic rings. The number of ether oxygens (including phenoxy) is 1. The van der Waals surface area contributed by atoms with Crippen LogP contribution in [0, 0.1) is 5.92 Å². The van der Waals surface area contributed by atoms with Crippen molar-refractivity contribution in [1.82, 2.24) is 14.6 Å². The molecule has 0 aliphatic rings. The van der Waals surface area contributed by atoms with Gasteiger partial charge in [-0.05, 0) is 48.2 Å². The average Bonchev–Trinajstić information content (AvgIpc) is 2.88. The second-order valence-corrected chi connectivity index (χ2v) is 11.5. The Kier molecular flexibility index (Phi) is 10.5. The number of hydrogen-bond acceptors (Lipinski definition) is 6. The van der Waals surface area contributed by atoms with Crippen molar-refractivity contribution in [2.75, 3.05) is 13.1 Å². The Balaban J connectivity index is 1.79. The first-order valence-corrected chi connectivity index (χ1v) is 13.8. The molecule has 8 nitrogen and oxygen atoms in total. The summed E-state index contributed by atoms with van der Waals surface area (Å²) in [5.74, 6) is -0.000690. The first kappa shape index (κ1) is 28.6. The summed E-state index contributed by atoms with van der Waals surface area (Å²) in [6, 6.07) is 17.9. The largest absolute Gasteiger partial charge is 0.445 e. The molecule has 10 heteroatoms. The zero-order chi connectivity index (χ0) is 26.8. The molecule has 3 rings (SSSR count). The van der Waals surface area contributed by atoms with Gasteiger partial charge in [0.15, 0.2) is 0 Å². The van der Waals surface area contributed by atoms with Gasteiger partial charge in [-0.1, -0.05) is 61.8 Å². The summed E-state index contributed by atoms with van der Waals surface area (Å²) in [5.41, 5.74) is 1.59. The third-order valence-corrected chi connectivity index (χ3v) is 7.67. The number of sulfonamides is 1. The van der Waals surface area contributed by atoms with Crippen molar-refractivity contribution in [3.05, 3.63) is 95.3 Å². The van der Waals surface area contributed by atoms with Gasteiger partial charge in [0.05, 0.1) is 17.0 Å². The monoisotopic (exact) mass is 545 g/mol. The number of aromatic nitrogens is 1. The summed E-state index contributed by atoms with van der Waals surface area (Å²) >= 11 is 5.94. The molecular formula is C27H32ClN3O5S. The summed E-state index contributed by atoms with van der Waals surface area (Å²) in [6.07, 6.45) is 1.55. The lowest BCUT2D eigenvalue weighted by Crippen LogP contribution is -2.51. The molecule has 2 unspecified atom stereocenters. The first-order chi connectivity index (χ1) is 17.6. The number of benzene rings is 2. The fourth-order valence-corrected chi connectivity index (χ4v) is 5.49. The van der Waals surface area contributed by atoms with E-state index in [2.05, 4.69) is 10.3 Å². The number of aliphatic hydroxyl groups is 1. The quantitative estimate of drug-likeness (QED) is 0.351. The second-order valence-electron chi connectivity index (χ2n) is 9.12. The second kappa shape index (κ2) is 13.5. The summed E-state index contributed by atoms with van der Waals surface area (Å²) in [4.78, 5) is 16.7. The molecule has 0 fully saturated rings. The van der Waals surface area contributed by atoms with Gasteiger partial charge in [-0.3, -0.25) is 4.98 Å². The summed E-state index contributed by atoms with van der Waals surface area (Å²) in [7, 11) is -3.93. The van der Waals surface area contributed by atoms with Gasteiger partial charge in [0.25, 0.3) is 0 Å². The Labute approximate surface area is 223 Å². The van der Waals surface area contributed by atoms with Crippen molar-refractivity contribution in [3.8, 4) is 0 Å². The van der Waals surface area contributed by atoms with Crippen LogP contribution in [0.2, 0.25) is 5.02 Å². The molecule has 0 bridgehead atoms. The molecule has 0 saturated heterocycles. The maximum absolute atomic E-state index is 13.4. The molecule has 2 N–H and O–H groups in total. The van der Waals surface area contributed by atoms with E-state index in [4.69, 9.17) is 16.3 Å². The number of nitrogens with zero attached hydrogens (tertiary/aromatic N) is 2. The average molecular weight is 546 g/mol. The molecule has 1 aromatic heterocycles. The van der Waals surface area contributed by atoms with Crippen LogP contribution in [-0.2, 0) is 27.8 Å². The van der Waals surface area contributed by atoms with Gasteiger partial charge in [0.2, 0.25) is 10.0 Å². The third-order valence-electron chi connectivity index (χ3n) is 5.57. The number of carbonyl (C=O) groups is 1. The maximum Gasteiger partial charge on any atom is 0.407 e. The van der Waals surface area contributed by atoms with Crippen LogP contribution in [0.5, 0.6) is 0 Å². The van der Waals surface area contributed by atoms with Gasteiger partial charge in [0.1, 0.15) is 6.61 Å². The summed E-state index contributed by atoms with van der Waals surface area (Å²) < 4.78 is 33.4. The molecule has 1 amide bonds. The molecule has 198 valence electrons. The van der Waals surface area contributed by atoms with E-state index < -0.39 is 28.3 Å². The highest BCUT2D eigenvalue weighted by molar-refractivity contribution is 7.89. The highest BCUT2D eigenvalue weighted by Gasteiger charge is 2.31. The number of alkyl carbamates (subject to hydrolysis) is 1. The van der Waals surface area contributed by atoms with Crippen LogP contribution >= 0.6 is 11.6 Å². The van der Waals surface area contributed by atoms with E-state index in [1.54, 1.807) is 24.5 Å². The Hall–Kier alpha value is -2.98. The van der Waals surface area contributed by atoms with E-state index in [-0.39, 0.29) is 36.9 Å². The van der Waals surface area contributed by atoms with Crippen LogP contribution in [-0.4, -0.2) is 54.1 Å². The topological polar surface area (TPSA) is 109 Å². The van der Waals surface area contributed by atoms with Gasteiger partial charge in [0, 0.05) is 36.1 Å². The predicted molar refractivity (Wildman–Crippen MR) is 143 cm³/mol. The molecule has 1 heterocycles. The van der Waals surface area contributed by atoms with Crippen molar-refractivity contribution in [2.24, 2.45) is 5.92 Å². The number of amides is 1. The predicted octanol–water partition coefficient (Wildman–Crippen LogP) is 4.28. The van der Waals surface area contributed by atoms with Crippen LogP contribution in [0.15, 0.2) is 84.0 Å². The van der Waals surface area contributed by atoms with E-state index in [1.165, 1.54) is 28.6 Å². The number of halogens is 1. The maximum atomic E-state index is 13.4. The first-order valence-electron chi connectivity index (χ1n) is 11.9. The SMILES string of the molecule is CC(C)CN(CC(O)C(Cc1ccccc1)NC(=O)OCc1cccnc1)S(=O)(=O)c1ccc(Cl)cc1. The van der Waals surface area contributed by atoms with E-state index in [9.17, 15) is 18.3 Å². The molecular weight excluding hydrogens is 514 g/mol. The summed E-state index contributed by atoms with van der Waals surface area (Å²) in [5, 5.41) is 14.4. The minimum absolute atomic E-state index is 0.000690. The van der Waals surface area contributed by atoms with Gasteiger partial charge >= 0.3 is 6.09 Å². The zero-order valence-electron chi connectivity index (χ0n) is 20.8. The number of hydrogen-bond donors (Lipinski definition) is 2. The Bertz CT molecular complexity index is 1230. The Morgan fingerprint density at radius 3 is 2.32 bits per heavy atom. The molecule has 2 atom stereocenters. The summed E-state index contributed by atoms with van der Waals surface area (Å²) in [6.45, 7) is 3.77. The standard InChI is InChI=1S/C27H32ClN3O5S/c1-20(2)17-31(37(34,35)24-12-10-23(28)11-13-24)18-26(32)25(15-21-7-4-3-5-8-21)30-27(33)36-19-22-9-6-14-29-16-22/h3-14,16,20,25-26,32H,15,17-19H2,1-2H3,(H,30,33). The number of rotatable bonds is 12. The lowest BCUT2D eigenvalue weighted by molar-refractivity contribution is 0.0873. The van der Waals surface area contributed by atoms with E-state index in [1.807, 2.05) is 44.2 Å². The molecule has 0 aliphatic heterocycles. The third kappa shape index (κ3) is 8.82. The lowest BCUT2D eigenvalue weighted by Gasteiger charge is -2.30. The zero-order valence-corrected chi connectivity index (χ0v) is 22.4. The minimum Gasteiger partial charge on any atom is -0.445 e. The molecule has 37 heavy (non-hydrogen) atoms. The van der Waals surface area contributed by atoms with Crippen LogP contribution in [0.25, 0.3) is 0 Å². The van der Waals surface area contributed by atoms with Gasteiger partial charge in [-0.25, -0.2) is 13.2 Å². The number of pyridine rings is 1. The Morgan fingerprint density at radius 2 is 1.70 bits per heavy atom. The van der Waals surface area contributed by atoms with Crippen LogP contribution in [0.1, 0.15) is 25.0 Å². The number of aliphatic hydroxyl groups excluding tert-OH is 1. The fraction of sp³-hybridized carbons (Fsp3) is 0.333. The fourth-order valence-electron chi connectivity index (χ4n) is 3.75. The minimum atomic E-state index is -3.93. The van der Waals surface area contributed by atoms with Gasteiger partial charge in [-0.15, -0.1) is 0 Å².